The molecule has 0 aliphatic rings. The maximum atomic E-state index is 4.18. The van der Waals surface area contributed by atoms with Gasteiger partial charge in [-0.15, -0.1) is 5.10 Å². The van der Waals surface area contributed by atoms with Gasteiger partial charge in [-0.1, -0.05) is 44.2 Å². The van der Waals surface area contributed by atoms with Crippen LogP contribution in [0.25, 0.3) is 5.69 Å². The van der Waals surface area contributed by atoms with Crippen molar-refractivity contribution in [1.82, 2.24) is 20.3 Å². The van der Waals surface area contributed by atoms with E-state index in [1.165, 1.54) is 0 Å². The molecule has 0 saturated heterocycles. The Bertz CT molecular complexity index is 490. The quantitative estimate of drug-likeness (QED) is 0.865. The molecule has 0 aliphatic heterocycles. The van der Waals surface area contributed by atoms with Crippen molar-refractivity contribution in [3.8, 4) is 5.69 Å². The van der Waals surface area contributed by atoms with E-state index in [1.807, 2.05) is 29.1 Å². The minimum atomic E-state index is 0.527. The summed E-state index contributed by atoms with van der Waals surface area (Å²) in [6.07, 6.45) is 2.83. The summed E-state index contributed by atoms with van der Waals surface area (Å²) < 4.78 is 1.92. The Morgan fingerprint density at radius 2 is 1.89 bits per heavy atom. The molecule has 1 N–H and O–H groups in total. The fourth-order valence-corrected chi connectivity index (χ4v) is 2.05. The molecule has 1 unspecified atom stereocenters. The second kappa shape index (κ2) is 6.48. The third-order valence-corrected chi connectivity index (χ3v) is 3.05. The van der Waals surface area contributed by atoms with Crippen LogP contribution in [-0.4, -0.2) is 27.6 Å². The van der Waals surface area contributed by atoms with E-state index in [0.717, 1.165) is 24.3 Å². The summed E-state index contributed by atoms with van der Waals surface area (Å²) in [5, 5.41) is 11.7. The van der Waals surface area contributed by atoms with Crippen molar-refractivity contribution in [2.45, 2.75) is 33.2 Å². The van der Waals surface area contributed by atoms with Gasteiger partial charge in [0.25, 0.3) is 0 Å². The summed E-state index contributed by atoms with van der Waals surface area (Å²) in [6, 6.07) is 10.7. The molecular weight excluding hydrogens is 236 g/mol. The Balaban J connectivity index is 2.04. The molecule has 4 heteroatoms. The standard InChI is InChI=1S/C15H22N4/c1-12(2)16-10-13(3)9-15-11-17-18-19(15)14-7-5-4-6-8-14/h4-8,11-13,16H,9-10H2,1-3H3. The van der Waals surface area contributed by atoms with E-state index in [9.17, 15) is 0 Å². The molecule has 1 heterocycles. The van der Waals surface area contributed by atoms with E-state index in [2.05, 4.69) is 48.5 Å². The molecule has 4 nitrogen and oxygen atoms in total. The molecule has 102 valence electrons. The molecule has 1 atom stereocenters. The van der Waals surface area contributed by atoms with E-state index in [0.29, 0.717) is 12.0 Å². The van der Waals surface area contributed by atoms with Crippen LogP contribution < -0.4 is 5.32 Å². The van der Waals surface area contributed by atoms with Gasteiger partial charge >= 0.3 is 0 Å². The largest absolute Gasteiger partial charge is 0.314 e. The topological polar surface area (TPSA) is 42.7 Å². The average molecular weight is 258 g/mol. The van der Waals surface area contributed by atoms with Crippen molar-refractivity contribution in [3.63, 3.8) is 0 Å². The number of hydrogen-bond acceptors (Lipinski definition) is 3. The first kappa shape index (κ1) is 13.7. The van der Waals surface area contributed by atoms with Gasteiger partial charge in [0, 0.05) is 6.04 Å². The zero-order valence-corrected chi connectivity index (χ0v) is 11.9. The molecule has 1 aromatic carbocycles. The summed E-state index contributed by atoms with van der Waals surface area (Å²) in [5.41, 5.74) is 2.23. The predicted molar refractivity (Wildman–Crippen MR) is 77.4 cm³/mol. The monoisotopic (exact) mass is 258 g/mol. The normalized spacial score (nSPS) is 12.8. The Hall–Kier alpha value is -1.68. The Morgan fingerprint density at radius 3 is 2.58 bits per heavy atom. The van der Waals surface area contributed by atoms with Gasteiger partial charge in [-0.3, -0.25) is 0 Å². The summed E-state index contributed by atoms with van der Waals surface area (Å²) >= 11 is 0. The highest BCUT2D eigenvalue weighted by atomic mass is 15.4. The first-order valence-corrected chi connectivity index (χ1v) is 6.85. The Labute approximate surface area is 114 Å². The number of aromatic nitrogens is 3. The number of rotatable bonds is 6. The van der Waals surface area contributed by atoms with Crippen molar-refractivity contribution in [3.05, 3.63) is 42.2 Å². The van der Waals surface area contributed by atoms with Gasteiger partial charge in [0.05, 0.1) is 17.6 Å². The van der Waals surface area contributed by atoms with Gasteiger partial charge < -0.3 is 5.32 Å². The Kier molecular flexibility index (Phi) is 4.68. The molecule has 0 fully saturated rings. The van der Waals surface area contributed by atoms with Crippen molar-refractivity contribution in [2.75, 3.05) is 6.54 Å². The van der Waals surface area contributed by atoms with E-state index < -0.39 is 0 Å². The summed E-state index contributed by atoms with van der Waals surface area (Å²) in [4.78, 5) is 0. The van der Waals surface area contributed by atoms with Crippen molar-refractivity contribution >= 4 is 0 Å². The highest BCUT2D eigenvalue weighted by Gasteiger charge is 2.10. The molecule has 0 saturated carbocycles. The predicted octanol–water partition coefficient (Wildman–Crippen LogP) is 2.44. The van der Waals surface area contributed by atoms with E-state index in [1.54, 1.807) is 0 Å². The smallest absolute Gasteiger partial charge is 0.0729 e. The van der Waals surface area contributed by atoms with Gasteiger partial charge in [-0.2, -0.15) is 0 Å². The average Bonchev–Trinajstić information content (AvgIpc) is 2.85. The summed E-state index contributed by atoms with van der Waals surface area (Å²) in [5.74, 6) is 0.559. The van der Waals surface area contributed by atoms with Crippen molar-refractivity contribution < 1.29 is 0 Å². The van der Waals surface area contributed by atoms with Crippen LogP contribution in [0.2, 0.25) is 0 Å². The van der Waals surface area contributed by atoms with Crippen molar-refractivity contribution in [2.24, 2.45) is 5.92 Å². The first-order chi connectivity index (χ1) is 9.16. The second-order valence-corrected chi connectivity index (χ2v) is 5.34. The fourth-order valence-electron chi connectivity index (χ4n) is 2.05. The van der Waals surface area contributed by atoms with Gasteiger partial charge in [0.15, 0.2) is 0 Å². The van der Waals surface area contributed by atoms with E-state index in [4.69, 9.17) is 0 Å². The number of nitrogens with one attached hydrogen (secondary N) is 1. The van der Waals surface area contributed by atoms with Crippen LogP contribution in [0.15, 0.2) is 36.5 Å². The lowest BCUT2D eigenvalue weighted by Crippen LogP contribution is -2.29. The molecule has 0 radical (unpaired) electrons. The highest BCUT2D eigenvalue weighted by molar-refractivity contribution is 5.31. The van der Waals surface area contributed by atoms with Gasteiger partial charge in [-0.25, -0.2) is 4.68 Å². The molecular formula is C15H22N4. The maximum absolute atomic E-state index is 4.18. The van der Waals surface area contributed by atoms with Crippen LogP contribution in [0.5, 0.6) is 0 Å². The van der Waals surface area contributed by atoms with Crippen LogP contribution in [-0.2, 0) is 6.42 Å². The SMILES string of the molecule is CC(CNC(C)C)Cc1cnnn1-c1ccccc1. The lowest BCUT2D eigenvalue weighted by Gasteiger charge is -2.15. The van der Waals surface area contributed by atoms with E-state index in [-0.39, 0.29) is 0 Å². The summed E-state index contributed by atoms with van der Waals surface area (Å²) in [7, 11) is 0. The zero-order valence-electron chi connectivity index (χ0n) is 11.9. The minimum Gasteiger partial charge on any atom is -0.314 e. The van der Waals surface area contributed by atoms with Gasteiger partial charge in [0.1, 0.15) is 0 Å². The zero-order chi connectivity index (χ0) is 13.7. The number of hydrogen-bond donors (Lipinski definition) is 1. The maximum Gasteiger partial charge on any atom is 0.0729 e. The van der Waals surface area contributed by atoms with Gasteiger partial charge in [0.2, 0.25) is 0 Å². The number of benzene rings is 1. The molecule has 1 aromatic heterocycles. The molecule has 0 amide bonds. The van der Waals surface area contributed by atoms with Crippen LogP contribution in [0.1, 0.15) is 26.5 Å². The summed E-state index contributed by atoms with van der Waals surface area (Å²) in [6.45, 7) is 7.60. The molecule has 0 spiro atoms. The third kappa shape index (κ3) is 3.89. The van der Waals surface area contributed by atoms with Crippen LogP contribution in [0.3, 0.4) is 0 Å². The van der Waals surface area contributed by atoms with Crippen molar-refractivity contribution in [1.29, 1.82) is 0 Å². The molecule has 0 bridgehead atoms. The molecule has 19 heavy (non-hydrogen) atoms. The lowest BCUT2D eigenvalue weighted by atomic mass is 10.1. The Morgan fingerprint density at radius 1 is 1.16 bits per heavy atom. The lowest BCUT2D eigenvalue weighted by molar-refractivity contribution is 0.469. The number of para-hydroxylation sites is 1. The third-order valence-electron chi connectivity index (χ3n) is 3.05. The van der Waals surface area contributed by atoms with Crippen LogP contribution >= 0.6 is 0 Å². The molecule has 2 aromatic rings. The second-order valence-electron chi connectivity index (χ2n) is 5.34. The highest BCUT2D eigenvalue weighted by Crippen LogP contribution is 2.12. The van der Waals surface area contributed by atoms with E-state index >= 15 is 0 Å². The number of nitrogens with zero attached hydrogens (tertiary/aromatic N) is 3. The van der Waals surface area contributed by atoms with Crippen LogP contribution in [0, 0.1) is 5.92 Å². The van der Waals surface area contributed by atoms with Gasteiger partial charge in [-0.05, 0) is 31.0 Å². The first-order valence-electron chi connectivity index (χ1n) is 6.85. The molecule has 2 rings (SSSR count). The fraction of sp³-hybridized carbons (Fsp3) is 0.467. The minimum absolute atomic E-state index is 0.527. The molecule has 0 aliphatic carbocycles. The van der Waals surface area contributed by atoms with Crippen LogP contribution in [0.4, 0.5) is 0 Å².